The van der Waals surface area contributed by atoms with E-state index in [0.29, 0.717) is 23.6 Å². The first kappa shape index (κ1) is 12.8. The second kappa shape index (κ2) is 5.77. The van der Waals surface area contributed by atoms with Crippen LogP contribution in [0.3, 0.4) is 0 Å². The highest BCUT2D eigenvalue weighted by Gasteiger charge is 2.01. The molecule has 0 aromatic heterocycles. The van der Waals surface area contributed by atoms with E-state index in [1.165, 1.54) is 0 Å². The summed E-state index contributed by atoms with van der Waals surface area (Å²) in [6.07, 6.45) is 0. The highest BCUT2D eigenvalue weighted by atomic mass is 16.2. The standard InChI is InChI=1S/C14H16N4O/c15-11-3-1-10(2-4-11)9-17-14(19)18-13-7-5-12(16)6-8-13/h1-8H,9,15-16H2,(H2,17,18,19). The number of amides is 2. The van der Waals surface area contributed by atoms with Crippen LogP contribution in [0.5, 0.6) is 0 Å². The predicted octanol–water partition coefficient (Wildman–Crippen LogP) is 2.17. The minimum atomic E-state index is -0.262. The van der Waals surface area contributed by atoms with Crippen molar-refractivity contribution in [1.29, 1.82) is 0 Å². The fourth-order valence-corrected chi connectivity index (χ4v) is 1.56. The molecule has 0 aliphatic rings. The molecule has 0 saturated carbocycles. The van der Waals surface area contributed by atoms with Crippen molar-refractivity contribution in [3.63, 3.8) is 0 Å². The van der Waals surface area contributed by atoms with Gasteiger partial charge in [0.15, 0.2) is 0 Å². The van der Waals surface area contributed by atoms with Gasteiger partial charge in [0.05, 0.1) is 0 Å². The van der Waals surface area contributed by atoms with E-state index in [4.69, 9.17) is 11.5 Å². The Balaban J connectivity index is 1.84. The normalized spacial score (nSPS) is 9.89. The van der Waals surface area contributed by atoms with Crippen molar-refractivity contribution in [2.24, 2.45) is 0 Å². The fourth-order valence-electron chi connectivity index (χ4n) is 1.56. The van der Waals surface area contributed by atoms with Crippen LogP contribution in [0.25, 0.3) is 0 Å². The summed E-state index contributed by atoms with van der Waals surface area (Å²) in [7, 11) is 0. The van der Waals surface area contributed by atoms with Crippen LogP contribution in [0, 0.1) is 0 Å². The summed E-state index contributed by atoms with van der Waals surface area (Å²) in [4.78, 5) is 11.7. The summed E-state index contributed by atoms with van der Waals surface area (Å²) in [5.41, 5.74) is 14.2. The molecule has 0 saturated heterocycles. The molecule has 0 heterocycles. The summed E-state index contributed by atoms with van der Waals surface area (Å²) in [6.45, 7) is 0.446. The van der Waals surface area contributed by atoms with Gasteiger partial charge in [-0.05, 0) is 42.0 Å². The first-order valence-corrected chi connectivity index (χ1v) is 5.88. The van der Waals surface area contributed by atoms with Crippen molar-refractivity contribution in [3.8, 4) is 0 Å². The van der Waals surface area contributed by atoms with E-state index in [1.54, 1.807) is 36.4 Å². The number of rotatable bonds is 3. The lowest BCUT2D eigenvalue weighted by atomic mass is 10.2. The lowest BCUT2D eigenvalue weighted by Gasteiger charge is -2.08. The van der Waals surface area contributed by atoms with Crippen molar-refractivity contribution in [1.82, 2.24) is 5.32 Å². The molecule has 5 nitrogen and oxygen atoms in total. The molecule has 98 valence electrons. The minimum absolute atomic E-state index is 0.262. The summed E-state index contributed by atoms with van der Waals surface area (Å²) >= 11 is 0. The fraction of sp³-hybridized carbons (Fsp3) is 0.0714. The first-order valence-electron chi connectivity index (χ1n) is 5.88. The molecule has 2 rings (SSSR count). The number of nitrogens with two attached hydrogens (primary N) is 2. The average molecular weight is 256 g/mol. The molecule has 0 unspecified atom stereocenters. The van der Waals surface area contributed by atoms with E-state index in [0.717, 1.165) is 5.56 Å². The van der Waals surface area contributed by atoms with E-state index in [2.05, 4.69) is 10.6 Å². The van der Waals surface area contributed by atoms with E-state index in [-0.39, 0.29) is 6.03 Å². The molecule has 2 aromatic rings. The summed E-state index contributed by atoms with van der Waals surface area (Å²) < 4.78 is 0. The van der Waals surface area contributed by atoms with Gasteiger partial charge in [0.2, 0.25) is 0 Å². The van der Waals surface area contributed by atoms with Crippen LogP contribution >= 0.6 is 0 Å². The van der Waals surface area contributed by atoms with E-state index in [9.17, 15) is 4.79 Å². The number of benzene rings is 2. The zero-order valence-corrected chi connectivity index (χ0v) is 10.4. The third-order valence-electron chi connectivity index (χ3n) is 2.60. The second-order valence-electron chi connectivity index (χ2n) is 4.17. The van der Waals surface area contributed by atoms with E-state index < -0.39 is 0 Å². The maximum absolute atomic E-state index is 11.7. The van der Waals surface area contributed by atoms with Gasteiger partial charge in [0.1, 0.15) is 0 Å². The Morgan fingerprint density at radius 2 is 1.42 bits per heavy atom. The Bertz CT molecular complexity index is 549. The molecule has 6 N–H and O–H groups in total. The van der Waals surface area contributed by atoms with Gasteiger partial charge in [-0.25, -0.2) is 4.79 Å². The van der Waals surface area contributed by atoms with Crippen molar-refractivity contribution in [2.75, 3.05) is 16.8 Å². The Morgan fingerprint density at radius 1 is 0.895 bits per heavy atom. The van der Waals surface area contributed by atoms with Gasteiger partial charge < -0.3 is 22.1 Å². The van der Waals surface area contributed by atoms with Gasteiger partial charge >= 0.3 is 6.03 Å². The van der Waals surface area contributed by atoms with Crippen LogP contribution in [0.1, 0.15) is 5.56 Å². The molecule has 0 bridgehead atoms. The third kappa shape index (κ3) is 3.92. The third-order valence-corrected chi connectivity index (χ3v) is 2.60. The summed E-state index contributed by atoms with van der Waals surface area (Å²) in [5.74, 6) is 0. The summed E-state index contributed by atoms with van der Waals surface area (Å²) in [5, 5.41) is 5.48. The quantitative estimate of drug-likeness (QED) is 0.634. The van der Waals surface area contributed by atoms with Crippen LogP contribution < -0.4 is 22.1 Å². The second-order valence-corrected chi connectivity index (χ2v) is 4.17. The first-order chi connectivity index (χ1) is 9.13. The summed E-state index contributed by atoms with van der Waals surface area (Å²) in [6, 6.07) is 14.0. The van der Waals surface area contributed by atoms with Crippen LogP contribution in [0.15, 0.2) is 48.5 Å². The topological polar surface area (TPSA) is 93.2 Å². The molecular weight excluding hydrogens is 240 g/mol. The molecule has 0 aliphatic heterocycles. The van der Waals surface area contributed by atoms with Crippen LogP contribution in [0.4, 0.5) is 21.9 Å². The molecule has 0 radical (unpaired) electrons. The molecule has 0 atom stereocenters. The maximum atomic E-state index is 11.7. The van der Waals surface area contributed by atoms with Gasteiger partial charge in [-0.3, -0.25) is 0 Å². The largest absolute Gasteiger partial charge is 0.399 e. The number of anilines is 3. The van der Waals surface area contributed by atoms with Gasteiger partial charge in [-0.15, -0.1) is 0 Å². The molecule has 0 aliphatic carbocycles. The zero-order chi connectivity index (χ0) is 13.7. The van der Waals surface area contributed by atoms with Crippen molar-refractivity contribution in [3.05, 3.63) is 54.1 Å². The highest BCUT2D eigenvalue weighted by molar-refractivity contribution is 5.89. The Labute approximate surface area is 111 Å². The Kier molecular flexibility index (Phi) is 3.87. The average Bonchev–Trinajstić information content (AvgIpc) is 2.41. The van der Waals surface area contributed by atoms with Crippen molar-refractivity contribution >= 4 is 23.1 Å². The number of carbonyl (C=O) groups is 1. The lowest BCUT2D eigenvalue weighted by Crippen LogP contribution is -2.28. The van der Waals surface area contributed by atoms with Crippen molar-refractivity contribution in [2.45, 2.75) is 6.54 Å². The zero-order valence-electron chi connectivity index (χ0n) is 10.4. The van der Waals surface area contributed by atoms with E-state index >= 15 is 0 Å². The number of carbonyl (C=O) groups excluding carboxylic acids is 1. The van der Waals surface area contributed by atoms with Crippen LogP contribution in [0.2, 0.25) is 0 Å². The Hall–Kier alpha value is -2.69. The molecule has 0 spiro atoms. The van der Waals surface area contributed by atoms with Crippen molar-refractivity contribution < 1.29 is 4.79 Å². The van der Waals surface area contributed by atoms with Gasteiger partial charge in [0, 0.05) is 23.6 Å². The minimum Gasteiger partial charge on any atom is -0.399 e. The Morgan fingerprint density at radius 3 is 2.00 bits per heavy atom. The predicted molar refractivity (Wildman–Crippen MR) is 77.6 cm³/mol. The lowest BCUT2D eigenvalue weighted by molar-refractivity contribution is 0.251. The smallest absolute Gasteiger partial charge is 0.319 e. The number of hydrogen-bond donors (Lipinski definition) is 4. The number of urea groups is 1. The monoisotopic (exact) mass is 256 g/mol. The van der Waals surface area contributed by atoms with Gasteiger partial charge in [-0.1, -0.05) is 12.1 Å². The van der Waals surface area contributed by atoms with Crippen LogP contribution in [-0.4, -0.2) is 6.03 Å². The molecular formula is C14H16N4O. The number of nitrogens with one attached hydrogen (secondary N) is 2. The SMILES string of the molecule is Nc1ccc(CNC(=O)Nc2ccc(N)cc2)cc1. The number of hydrogen-bond acceptors (Lipinski definition) is 3. The molecule has 2 amide bonds. The van der Waals surface area contributed by atoms with Crippen LogP contribution in [-0.2, 0) is 6.54 Å². The molecule has 19 heavy (non-hydrogen) atoms. The highest BCUT2D eigenvalue weighted by Crippen LogP contribution is 2.10. The van der Waals surface area contributed by atoms with Gasteiger partial charge in [0.25, 0.3) is 0 Å². The molecule has 5 heteroatoms. The van der Waals surface area contributed by atoms with E-state index in [1.807, 2.05) is 12.1 Å². The number of nitrogen functional groups attached to an aromatic ring is 2. The van der Waals surface area contributed by atoms with Gasteiger partial charge in [-0.2, -0.15) is 0 Å². The molecule has 2 aromatic carbocycles. The molecule has 0 fully saturated rings. The maximum Gasteiger partial charge on any atom is 0.319 e.